The second-order valence-corrected chi connectivity index (χ2v) is 5.89. The molecule has 3 rings (SSSR count). The maximum Gasteiger partial charge on any atom is 0.387 e. The largest absolute Gasteiger partial charge is 0.435 e. The lowest BCUT2D eigenvalue weighted by atomic mass is 10.0. The summed E-state index contributed by atoms with van der Waals surface area (Å²) in [6.45, 7) is -1.14. The third-order valence-corrected chi connectivity index (χ3v) is 4.03. The zero-order valence-electron chi connectivity index (χ0n) is 14.1. The van der Waals surface area contributed by atoms with E-state index in [1.807, 2.05) is 30.3 Å². The number of rotatable bonds is 6. The van der Waals surface area contributed by atoms with Gasteiger partial charge in [0, 0.05) is 6.42 Å². The molecule has 0 radical (unpaired) electrons. The lowest BCUT2D eigenvalue weighted by Crippen LogP contribution is -2.32. The van der Waals surface area contributed by atoms with E-state index in [-0.39, 0.29) is 17.8 Å². The quantitative estimate of drug-likeness (QED) is 0.848. The normalized spacial score (nSPS) is 17.4. The molecule has 1 amide bonds. The number of ether oxygens (including phenoxy) is 1. The van der Waals surface area contributed by atoms with Crippen LogP contribution in [0.3, 0.4) is 0 Å². The Bertz CT molecular complexity index is 796. The fourth-order valence-corrected chi connectivity index (χ4v) is 2.68. The van der Waals surface area contributed by atoms with Gasteiger partial charge in [0.15, 0.2) is 6.10 Å². The van der Waals surface area contributed by atoms with Gasteiger partial charge in [0.25, 0.3) is 5.91 Å². The van der Waals surface area contributed by atoms with Crippen LogP contribution >= 0.6 is 0 Å². The Morgan fingerprint density at radius 3 is 2.73 bits per heavy atom. The van der Waals surface area contributed by atoms with Crippen LogP contribution < -0.4 is 10.1 Å². The van der Waals surface area contributed by atoms with Crippen molar-refractivity contribution in [2.45, 2.75) is 32.1 Å². The van der Waals surface area contributed by atoms with E-state index in [1.165, 1.54) is 12.1 Å². The van der Waals surface area contributed by atoms with Gasteiger partial charge in [-0.15, -0.1) is 0 Å². The zero-order chi connectivity index (χ0) is 18.5. The number of hydrogen-bond acceptors (Lipinski definition) is 4. The molecule has 1 heterocycles. The van der Waals surface area contributed by atoms with Crippen LogP contribution in [0.1, 0.15) is 36.6 Å². The molecule has 136 valence electrons. The van der Waals surface area contributed by atoms with Crippen molar-refractivity contribution in [2.24, 2.45) is 5.16 Å². The molecule has 7 heteroatoms. The topological polar surface area (TPSA) is 59.9 Å². The second-order valence-electron chi connectivity index (χ2n) is 5.89. The molecular weight excluding hydrogens is 342 g/mol. The van der Waals surface area contributed by atoms with Crippen LogP contribution in [-0.4, -0.2) is 18.2 Å². The van der Waals surface area contributed by atoms with Crippen LogP contribution in [0.4, 0.5) is 8.78 Å². The fraction of sp³-hybridized carbons (Fsp3) is 0.263. The molecular formula is C19H18F2N2O3. The van der Waals surface area contributed by atoms with Crippen molar-refractivity contribution in [1.82, 2.24) is 5.32 Å². The number of oxime groups is 1. The van der Waals surface area contributed by atoms with Gasteiger partial charge < -0.3 is 14.9 Å². The standard InChI is InChI=1S/C19H18F2N2O3/c1-12(14-8-5-9-15(10-14)25-19(20)21)22-18(24)16-11-17(26-23-16)13-6-3-2-4-7-13/h2-10,12,17,19H,11H2,1H3,(H,22,24). The Hall–Kier alpha value is -2.96. The van der Waals surface area contributed by atoms with Crippen LogP contribution in [-0.2, 0) is 9.63 Å². The van der Waals surface area contributed by atoms with Gasteiger partial charge in [-0.2, -0.15) is 8.78 Å². The molecule has 1 aliphatic heterocycles. The van der Waals surface area contributed by atoms with Crippen LogP contribution in [0, 0.1) is 0 Å². The number of benzene rings is 2. The molecule has 0 saturated heterocycles. The number of hydrogen-bond donors (Lipinski definition) is 1. The summed E-state index contributed by atoms with van der Waals surface area (Å²) in [7, 11) is 0. The average molecular weight is 360 g/mol. The Labute approximate surface area is 149 Å². The molecule has 1 aliphatic rings. The smallest absolute Gasteiger partial charge is 0.387 e. The van der Waals surface area contributed by atoms with E-state index in [0.717, 1.165) is 5.56 Å². The van der Waals surface area contributed by atoms with Crippen LogP contribution in [0.25, 0.3) is 0 Å². The van der Waals surface area contributed by atoms with Crippen LogP contribution in [0.15, 0.2) is 59.8 Å². The van der Waals surface area contributed by atoms with Crippen molar-refractivity contribution in [3.63, 3.8) is 0 Å². The number of nitrogens with one attached hydrogen (secondary N) is 1. The van der Waals surface area contributed by atoms with Gasteiger partial charge >= 0.3 is 6.61 Å². The molecule has 2 atom stereocenters. The minimum absolute atomic E-state index is 0.0456. The molecule has 0 aliphatic carbocycles. The van der Waals surface area contributed by atoms with Crippen molar-refractivity contribution in [3.05, 3.63) is 65.7 Å². The Morgan fingerprint density at radius 2 is 2.00 bits per heavy atom. The maximum atomic E-state index is 12.4. The van der Waals surface area contributed by atoms with Crippen molar-refractivity contribution in [2.75, 3.05) is 0 Å². The summed E-state index contributed by atoms with van der Waals surface area (Å²) in [5.74, 6) is -0.305. The monoisotopic (exact) mass is 360 g/mol. The highest BCUT2D eigenvalue weighted by molar-refractivity contribution is 6.39. The lowest BCUT2D eigenvalue weighted by Gasteiger charge is -2.15. The Balaban J connectivity index is 1.60. The maximum absolute atomic E-state index is 12.4. The molecule has 2 aromatic rings. The number of nitrogens with zero attached hydrogens (tertiary/aromatic N) is 1. The first-order chi connectivity index (χ1) is 12.5. The summed E-state index contributed by atoms with van der Waals surface area (Å²) in [5, 5.41) is 6.68. The first kappa shape index (κ1) is 17.8. The first-order valence-electron chi connectivity index (χ1n) is 8.16. The Morgan fingerprint density at radius 1 is 1.23 bits per heavy atom. The van der Waals surface area contributed by atoms with Crippen molar-refractivity contribution >= 4 is 11.6 Å². The van der Waals surface area contributed by atoms with Gasteiger partial charge in [0.2, 0.25) is 0 Å². The second kappa shape index (κ2) is 7.95. The molecule has 0 fully saturated rings. The van der Waals surface area contributed by atoms with Gasteiger partial charge in [-0.3, -0.25) is 4.79 Å². The average Bonchev–Trinajstić information content (AvgIpc) is 3.12. The predicted molar refractivity (Wildman–Crippen MR) is 92.0 cm³/mol. The lowest BCUT2D eigenvalue weighted by molar-refractivity contribution is -0.115. The summed E-state index contributed by atoms with van der Waals surface area (Å²) in [5.41, 5.74) is 1.89. The molecule has 1 N–H and O–H groups in total. The number of halogens is 2. The molecule has 2 unspecified atom stereocenters. The number of amides is 1. The van der Waals surface area contributed by atoms with Gasteiger partial charge in [-0.1, -0.05) is 47.6 Å². The fourth-order valence-electron chi connectivity index (χ4n) is 2.68. The highest BCUT2D eigenvalue weighted by atomic mass is 19.3. The number of alkyl halides is 2. The van der Waals surface area contributed by atoms with Crippen LogP contribution in [0.2, 0.25) is 0 Å². The summed E-state index contributed by atoms with van der Waals surface area (Å²) in [4.78, 5) is 17.7. The van der Waals surface area contributed by atoms with E-state index >= 15 is 0 Å². The van der Waals surface area contributed by atoms with Gasteiger partial charge in [-0.25, -0.2) is 0 Å². The molecule has 0 spiro atoms. The highest BCUT2D eigenvalue weighted by Gasteiger charge is 2.28. The van der Waals surface area contributed by atoms with E-state index in [0.29, 0.717) is 17.7 Å². The SMILES string of the molecule is CC(NC(=O)C1=NOC(c2ccccc2)C1)c1cccc(OC(F)F)c1. The summed E-state index contributed by atoms with van der Waals surface area (Å²) in [6, 6.07) is 15.3. The number of carbonyl (C=O) groups excluding carboxylic acids is 1. The van der Waals surface area contributed by atoms with E-state index in [1.54, 1.807) is 19.1 Å². The van der Waals surface area contributed by atoms with E-state index in [4.69, 9.17) is 4.84 Å². The third-order valence-electron chi connectivity index (χ3n) is 4.03. The zero-order valence-corrected chi connectivity index (χ0v) is 14.1. The van der Waals surface area contributed by atoms with Gasteiger partial charge in [0.05, 0.1) is 6.04 Å². The predicted octanol–water partition coefficient (Wildman–Crippen LogP) is 3.98. The third kappa shape index (κ3) is 4.36. The molecule has 0 saturated carbocycles. The highest BCUT2D eigenvalue weighted by Crippen LogP contribution is 2.27. The van der Waals surface area contributed by atoms with Crippen molar-refractivity contribution < 1.29 is 23.1 Å². The molecule has 0 aromatic heterocycles. The molecule has 5 nitrogen and oxygen atoms in total. The summed E-state index contributed by atoms with van der Waals surface area (Å²) >= 11 is 0. The van der Waals surface area contributed by atoms with E-state index in [2.05, 4.69) is 15.2 Å². The Kier molecular flexibility index (Phi) is 5.46. The molecule has 2 aromatic carbocycles. The van der Waals surface area contributed by atoms with Gasteiger partial charge in [-0.05, 0) is 30.2 Å². The van der Waals surface area contributed by atoms with E-state index < -0.39 is 12.7 Å². The minimum atomic E-state index is -2.89. The minimum Gasteiger partial charge on any atom is -0.435 e. The number of carbonyl (C=O) groups is 1. The summed E-state index contributed by atoms with van der Waals surface area (Å²) in [6.07, 6.45) is 0.0897. The van der Waals surface area contributed by atoms with Crippen molar-refractivity contribution in [3.8, 4) is 5.75 Å². The molecule has 26 heavy (non-hydrogen) atoms. The first-order valence-corrected chi connectivity index (χ1v) is 8.16. The van der Waals surface area contributed by atoms with E-state index in [9.17, 15) is 13.6 Å². The van der Waals surface area contributed by atoms with Gasteiger partial charge in [0.1, 0.15) is 11.5 Å². The summed E-state index contributed by atoms with van der Waals surface area (Å²) < 4.78 is 29.0. The molecule has 0 bridgehead atoms. The van der Waals surface area contributed by atoms with Crippen molar-refractivity contribution in [1.29, 1.82) is 0 Å². The van der Waals surface area contributed by atoms with Crippen LogP contribution in [0.5, 0.6) is 5.75 Å².